The van der Waals surface area contributed by atoms with Crippen LogP contribution in [0.5, 0.6) is 0 Å². The number of pyridine rings is 1. The molecule has 2 aromatic rings. The number of piperazine rings is 1. The second kappa shape index (κ2) is 7.75. The fourth-order valence-corrected chi connectivity index (χ4v) is 3.98. The Morgan fingerprint density at radius 1 is 0.966 bits per heavy atom. The molecule has 5 nitrogen and oxygen atoms in total. The van der Waals surface area contributed by atoms with Crippen LogP contribution in [0, 0.1) is 6.92 Å². The maximum atomic E-state index is 6.24. The van der Waals surface area contributed by atoms with Crippen molar-refractivity contribution in [3.05, 3.63) is 53.9 Å². The van der Waals surface area contributed by atoms with Gasteiger partial charge in [0.15, 0.2) is 0 Å². The SMILES string of the molecule is Cc1cc(N2CCN(Cc3ccccn3)CC2)ccc1B1OC(C)(C)C(C)(C)O1. The van der Waals surface area contributed by atoms with Crippen LogP contribution in [0.15, 0.2) is 42.6 Å². The van der Waals surface area contributed by atoms with E-state index in [1.54, 1.807) is 0 Å². The van der Waals surface area contributed by atoms with Crippen molar-refractivity contribution < 1.29 is 9.31 Å². The molecule has 0 saturated carbocycles. The Labute approximate surface area is 175 Å². The topological polar surface area (TPSA) is 37.8 Å². The first-order valence-corrected chi connectivity index (χ1v) is 10.6. The molecule has 0 N–H and O–H groups in total. The van der Waals surface area contributed by atoms with E-state index in [4.69, 9.17) is 9.31 Å². The van der Waals surface area contributed by atoms with Crippen LogP contribution in [-0.2, 0) is 15.9 Å². The summed E-state index contributed by atoms with van der Waals surface area (Å²) in [6.45, 7) is 15.6. The summed E-state index contributed by atoms with van der Waals surface area (Å²) in [5.74, 6) is 0. The minimum atomic E-state index is -0.313. The lowest BCUT2D eigenvalue weighted by Gasteiger charge is -2.36. The van der Waals surface area contributed by atoms with E-state index >= 15 is 0 Å². The molecule has 2 fully saturated rings. The van der Waals surface area contributed by atoms with Gasteiger partial charge in [-0.05, 0) is 69.9 Å². The van der Waals surface area contributed by atoms with Crippen LogP contribution in [0.4, 0.5) is 5.69 Å². The van der Waals surface area contributed by atoms with Crippen LogP contribution >= 0.6 is 0 Å². The summed E-state index contributed by atoms with van der Waals surface area (Å²) in [4.78, 5) is 9.40. The molecule has 3 heterocycles. The van der Waals surface area contributed by atoms with E-state index in [1.807, 2.05) is 12.3 Å². The first-order chi connectivity index (χ1) is 13.7. The monoisotopic (exact) mass is 393 g/mol. The molecule has 2 aliphatic rings. The third-order valence-corrected chi connectivity index (χ3v) is 6.61. The first-order valence-electron chi connectivity index (χ1n) is 10.6. The number of aryl methyl sites for hydroxylation is 1. The standard InChI is InChI=1S/C23H32BN3O2/c1-18-16-20(9-10-21(18)24-28-22(2,3)23(4,5)29-24)27-14-12-26(13-15-27)17-19-8-6-7-11-25-19/h6-11,16H,12-15,17H2,1-5H3. The molecule has 154 valence electrons. The zero-order chi connectivity index (χ0) is 20.6. The van der Waals surface area contributed by atoms with Gasteiger partial charge in [-0.2, -0.15) is 0 Å². The molecule has 2 aliphatic heterocycles. The minimum Gasteiger partial charge on any atom is -0.399 e. The molecule has 2 saturated heterocycles. The number of aromatic nitrogens is 1. The van der Waals surface area contributed by atoms with Crippen LogP contribution in [0.3, 0.4) is 0 Å². The summed E-state index contributed by atoms with van der Waals surface area (Å²) in [5, 5.41) is 0. The van der Waals surface area contributed by atoms with Crippen molar-refractivity contribution in [3.8, 4) is 0 Å². The Balaban J connectivity index is 1.39. The Bertz CT molecular complexity index is 832. The van der Waals surface area contributed by atoms with Crippen molar-refractivity contribution >= 4 is 18.3 Å². The van der Waals surface area contributed by atoms with Crippen molar-refractivity contribution in [1.29, 1.82) is 0 Å². The molecule has 4 rings (SSSR count). The summed E-state index contributed by atoms with van der Waals surface area (Å²) in [6, 6.07) is 12.8. The number of anilines is 1. The van der Waals surface area contributed by atoms with Crippen molar-refractivity contribution in [2.45, 2.75) is 52.4 Å². The van der Waals surface area contributed by atoms with Crippen LogP contribution < -0.4 is 10.4 Å². The number of hydrogen-bond acceptors (Lipinski definition) is 5. The average molecular weight is 393 g/mol. The highest BCUT2D eigenvalue weighted by molar-refractivity contribution is 6.62. The largest absolute Gasteiger partial charge is 0.495 e. The molecule has 0 spiro atoms. The maximum Gasteiger partial charge on any atom is 0.495 e. The summed E-state index contributed by atoms with van der Waals surface area (Å²) < 4.78 is 12.5. The molecular weight excluding hydrogens is 361 g/mol. The number of nitrogens with zero attached hydrogens (tertiary/aromatic N) is 3. The van der Waals surface area contributed by atoms with Gasteiger partial charge in [-0.25, -0.2) is 0 Å². The lowest BCUT2D eigenvalue weighted by molar-refractivity contribution is 0.00578. The van der Waals surface area contributed by atoms with Crippen LogP contribution in [0.25, 0.3) is 0 Å². The predicted molar refractivity (Wildman–Crippen MR) is 119 cm³/mol. The zero-order valence-corrected chi connectivity index (χ0v) is 18.3. The van der Waals surface area contributed by atoms with Crippen molar-refractivity contribution in [3.63, 3.8) is 0 Å². The summed E-state index contributed by atoms with van der Waals surface area (Å²) in [6.07, 6.45) is 1.87. The number of benzene rings is 1. The molecule has 0 radical (unpaired) electrons. The van der Waals surface area contributed by atoms with E-state index in [0.29, 0.717) is 0 Å². The van der Waals surface area contributed by atoms with Crippen LogP contribution in [-0.4, -0.2) is 54.4 Å². The van der Waals surface area contributed by atoms with Gasteiger partial charge in [-0.1, -0.05) is 12.1 Å². The van der Waals surface area contributed by atoms with E-state index in [1.165, 1.54) is 11.3 Å². The van der Waals surface area contributed by atoms with Gasteiger partial charge in [-0.3, -0.25) is 9.88 Å². The molecule has 0 bridgehead atoms. The summed E-state index contributed by atoms with van der Waals surface area (Å²) >= 11 is 0. The highest BCUT2D eigenvalue weighted by Crippen LogP contribution is 2.36. The number of rotatable bonds is 4. The number of hydrogen-bond donors (Lipinski definition) is 0. The third kappa shape index (κ3) is 4.20. The Morgan fingerprint density at radius 2 is 1.66 bits per heavy atom. The van der Waals surface area contributed by atoms with Gasteiger partial charge < -0.3 is 14.2 Å². The lowest BCUT2D eigenvalue weighted by Crippen LogP contribution is -2.46. The molecule has 0 aliphatic carbocycles. The average Bonchev–Trinajstić information content (AvgIpc) is 2.90. The fraction of sp³-hybridized carbons (Fsp3) is 0.522. The van der Waals surface area contributed by atoms with E-state index in [0.717, 1.165) is 43.9 Å². The van der Waals surface area contributed by atoms with Crippen molar-refractivity contribution in [1.82, 2.24) is 9.88 Å². The summed E-state index contributed by atoms with van der Waals surface area (Å²) in [7, 11) is -0.302. The smallest absolute Gasteiger partial charge is 0.399 e. The summed E-state index contributed by atoms with van der Waals surface area (Å²) in [5.41, 5.74) is 4.14. The second-order valence-corrected chi connectivity index (χ2v) is 9.21. The lowest BCUT2D eigenvalue weighted by atomic mass is 9.76. The zero-order valence-electron chi connectivity index (χ0n) is 18.3. The quantitative estimate of drug-likeness (QED) is 0.747. The Morgan fingerprint density at radius 3 is 2.24 bits per heavy atom. The third-order valence-electron chi connectivity index (χ3n) is 6.61. The maximum absolute atomic E-state index is 6.24. The molecule has 0 amide bonds. The van der Waals surface area contributed by atoms with Gasteiger partial charge in [0, 0.05) is 44.6 Å². The van der Waals surface area contributed by atoms with E-state index in [9.17, 15) is 0 Å². The van der Waals surface area contributed by atoms with Crippen LogP contribution in [0.2, 0.25) is 0 Å². The van der Waals surface area contributed by atoms with E-state index < -0.39 is 0 Å². The minimum absolute atomic E-state index is 0.302. The first kappa shape index (κ1) is 20.4. The normalized spacial score (nSPS) is 21.6. The van der Waals surface area contributed by atoms with E-state index in [-0.39, 0.29) is 18.3 Å². The van der Waals surface area contributed by atoms with Crippen molar-refractivity contribution in [2.75, 3.05) is 31.1 Å². The molecule has 0 unspecified atom stereocenters. The molecule has 1 aromatic heterocycles. The molecule has 6 heteroatoms. The van der Waals surface area contributed by atoms with Crippen LogP contribution in [0.1, 0.15) is 39.0 Å². The second-order valence-electron chi connectivity index (χ2n) is 9.21. The predicted octanol–water partition coefficient (Wildman–Crippen LogP) is 3.01. The molecular formula is C23H32BN3O2. The van der Waals surface area contributed by atoms with Gasteiger partial charge in [0.25, 0.3) is 0 Å². The van der Waals surface area contributed by atoms with Crippen molar-refractivity contribution in [2.24, 2.45) is 0 Å². The fourth-order valence-electron chi connectivity index (χ4n) is 3.98. The van der Waals surface area contributed by atoms with Gasteiger partial charge in [0.1, 0.15) is 0 Å². The van der Waals surface area contributed by atoms with Gasteiger partial charge in [0.2, 0.25) is 0 Å². The highest BCUT2D eigenvalue weighted by Gasteiger charge is 2.52. The van der Waals surface area contributed by atoms with Gasteiger partial charge >= 0.3 is 7.12 Å². The van der Waals surface area contributed by atoms with Gasteiger partial charge in [-0.15, -0.1) is 0 Å². The highest BCUT2D eigenvalue weighted by atomic mass is 16.7. The Kier molecular flexibility index (Phi) is 5.45. The Hall–Kier alpha value is -1.89. The van der Waals surface area contributed by atoms with E-state index in [2.05, 4.69) is 79.7 Å². The molecule has 1 aromatic carbocycles. The van der Waals surface area contributed by atoms with Gasteiger partial charge in [0.05, 0.1) is 16.9 Å². The molecule has 0 atom stereocenters. The molecule has 29 heavy (non-hydrogen) atoms.